The zero-order valence-electron chi connectivity index (χ0n) is 33.5. The van der Waals surface area contributed by atoms with Crippen molar-refractivity contribution in [3.63, 3.8) is 0 Å². The first kappa shape index (κ1) is 51.2. The van der Waals surface area contributed by atoms with Gasteiger partial charge in [0.05, 0.1) is 19.8 Å². The van der Waals surface area contributed by atoms with Gasteiger partial charge in [-0.05, 0) is 70.6 Å². The van der Waals surface area contributed by atoms with Gasteiger partial charge in [-0.15, -0.1) is 0 Å². The summed E-state index contributed by atoms with van der Waals surface area (Å²) in [5.74, 6) is -0.967. The highest BCUT2D eigenvalue weighted by Gasteiger charge is 2.27. The van der Waals surface area contributed by atoms with E-state index >= 15 is 0 Å². The Bertz CT molecular complexity index is 983. The van der Waals surface area contributed by atoms with Crippen LogP contribution in [0.1, 0.15) is 181 Å². The van der Waals surface area contributed by atoms with Crippen LogP contribution in [-0.4, -0.2) is 65.7 Å². The van der Waals surface area contributed by atoms with Gasteiger partial charge in [0.1, 0.15) is 12.7 Å². The van der Waals surface area contributed by atoms with E-state index in [1.165, 1.54) is 89.9 Å². The van der Waals surface area contributed by atoms with Gasteiger partial charge >= 0.3 is 19.8 Å². The Kier molecular flexibility index (Phi) is 37.2. The van der Waals surface area contributed by atoms with Crippen molar-refractivity contribution in [1.82, 2.24) is 0 Å². The molecule has 10 nitrogen and oxygen atoms in total. The quantitative estimate of drug-likeness (QED) is 0.0238. The number of hydrogen-bond donors (Lipinski definition) is 3. The van der Waals surface area contributed by atoms with Gasteiger partial charge in [0, 0.05) is 12.8 Å². The summed E-state index contributed by atoms with van der Waals surface area (Å²) in [5.41, 5.74) is 0. The lowest BCUT2D eigenvalue weighted by atomic mass is 10.1. The second-order valence-electron chi connectivity index (χ2n) is 14.0. The number of hydrogen-bond acceptors (Lipinski definition) is 9. The van der Waals surface area contributed by atoms with E-state index in [9.17, 15) is 24.2 Å². The van der Waals surface area contributed by atoms with Crippen molar-refractivity contribution in [1.29, 1.82) is 0 Å². The average Bonchev–Trinajstić information content (AvgIpc) is 3.14. The number of phosphoric acid groups is 1. The Hall–Kier alpha value is -1.81. The Balaban J connectivity index is 4.38. The average molecular weight is 773 g/mol. The number of aliphatic hydroxyl groups excluding tert-OH is 2. The van der Waals surface area contributed by atoms with Crippen LogP contribution in [0.5, 0.6) is 0 Å². The number of aliphatic hydroxyl groups is 2. The van der Waals surface area contributed by atoms with E-state index in [2.05, 4.69) is 54.8 Å². The minimum absolute atomic E-state index is 0.173. The Morgan fingerprint density at radius 1 is 0.566 bits per heavy atom. The van der Waals surface area contributed by atoms with E-state index in [4.69, 9.17) is 19.1 Å². The number of carbonyl (C=O) groups is 2. The highest BCUT2D eigenvalue weighted by atomic mass is 31.2. The van der Waals surface area contributed by atoms with Crippen LogP contribution in [0.3, 0.4) is 0 Å². The molecule has 0 aromatic heterocycles. The van der Waals surface area contributed by atoms with Gasteiger partial charge in [-0.1, -0.05) is 134 Å². The lowest BCUT2D eigenvalue weighted by Crippen LogP contribution is -2.29. The van der Waals surface area contributed by atoms with E-state index in [-0.39, 0.29) is 19.4 Å². The number of allylic oxidation sites excluding steroid dienone is 6. The summed E-state index contributed by atoms with van der Waals surface area (Å²) in [6, 6.07) is 0. The monoisotopic (exact) mass is 773 g/mol. The highest BCUT2D eigenvalue weighted by Crippen LogP contribution is 2.43. The second kappa shape index (κ2) is 38.5. The highest BCUT2D eigenvalue weighted by molar-refractivity contribution is 7.47. The zero-order valence-corrected chi connectivity index (χ0v) is 34.4. The van der Waals surface area contributed by atoms with Gasteiger partial charge < -0.3 is 24.6 Å². The molecular weight excluding hydrogens is 695 g/mol. The first-order valence-electron chi connectivity index (χ1n) is 20.9. The van der Waals surface area contributed by atoms with Crippen molar-refractivity contribution in [2.75, 3.05) is 26.4 Å². The standard InChI is InChI=1S/C42H77O10P/c1-3-5-7-9-11-13-15-17-19-21-23-25-27-29-31-33-41(45)49-37-40(38-51-53(47,48)50-36-39(44)35-43)52-42(46)34-32-30-28-26-24-22-20-18-16-14-12-10-8-6-4-2/h14,16-17,19,23,25,39-40,43-44H,3-13,15,18,20-22,24,26-38H2,1-2H3,(H,47,48)/b16-14+,19-17+,25-23+/t39-,40+/m0/s1. The molecule has 0 aliphatic carbocycles. The maximum absolute atomic E-state index is 12.6. The number of ether oxygens (including phenoxy) is 2. The third-order valence-electron chi connectivity index (χ3n) is 8.77. The van der Waals surface area contributed by atoms with E-state index < -0.39 is 51.8 Å². The van der Waals surface area contributed by atoms with Gasteiger partial charge in [-0.2, -0.15) is 0 Å². The van der Waals surface area contributed by atoms with Crippen molar-refractivity contribution < 1.29 is 47.8 Å². The number of esters is 2. The van der Waals surface area contributed by atoms with Crippen molar-refractivity contribution in [2.24, 2.45) is 0 Å². The molecule has 0 fully saturated rings. The molecule has 0 aromatic carbocycles. The molecule has 0 rings (SSSR count). The third-order valence-corrected chi connectivity index (χ3v) is 9.72. The molecule has 11 heteroatoms. The summed E-state index contributed by atoms with van der Waals surface area (Å²) in [5, 5.41) is 18.3. The molecule has 0 bridgehead atoms. The van der Waals surface area contributed by atoms with E-state index in [0.717, 1.165) is 51.4 Å². The first-order chi connectivity index (χ1) is 25.7. The van der Waals surface area contributed by atoms with Crippen LogP contribution < -0.4 is 0 Å². The number of rotatable bonds is 39. The zero-order chi connectivity index (χ0) is 39.1. The Morgan fingerprint density at radius 2 is 0.981 bits per heavy atom. The molecule has 1 unspecified atom stereocenters. The third kappa shape index (κ3) is 38.3. The molecule has 0 saturated carbocycles. The van der Waals surface area contributed by atoms with Crippen LogP contribution in [0.4, 0.5) is 0 Å². The molecule has 0 spiro atoms. The smallest absolute Gasteiger partial charge is 0.462 e. The minimum Gasteiger partial charge on any atom is -0.462 e. The van der Waals surface area contributed by atoms with Gasteiger partial charge in [0.2, 0.25) is 0 Å². The molecule has 0 aliphatic rings. The van der Waals surface area contributed by atoms with Crippen LogP contribution in [-0.2, 0) is 32.7 Å². The van der Waals surface area contributed by atoms with Crippen LogP contribution in [0, 0.1) is 0 Å². The van der Waals surface area contributed by atoms with Gasteiger partial charge in [-0.3, -0.25) is 18.6 Å². The van der Waals surface area contributed by atoms with Gasteiger partial charge in [0.15, 0.2) is 6.10 Å². The SMILES string of the molecule is CCCCCC/C=C/CCCCCCCCCC(=O)O[C@H](COC(=O)CCCC/C=C/C/C=C/CCCCCCCC)COP(=O)(O)OC[C@@H](O)CO. The van der Waals surface area contributed by atoms with Gasteiger partial charge in [0.25, 0.3) is 0 Å². The summed E-state index contributed by atoms with van der Waals surface area (Å²) in [6.45, 7) is 2.31. The van der Waals surface area contributed by atoms with Gasteiger partial charge in [-0.25, -0.2) is 4.57 Å². The number of carbonyl (C=O) groups excluding carboxylic acids is 2. The van der Waals surface area contributed by atoms with Crippen LogP contribution in [0.15, 0.2) is 36.5 Å². The number of phosphoric ester groups is 1. The molecule has 0 aliphatic heterocycles. The maximum atomic E-state index is 12.6. The summed E-state index contributed by atoms with van der Waals surface area (Å²) < 4.78 is 32.6. The molecule has 0 heterocycles. The van der Waals surface area contributed by atoms with Crippen LogP contribution in [0.25, 0.3) is 0 Å². The predicted octanol–water partition coefficient (Wildman–Crippen LogP) is 10.8. The normalized spacial score (nSPS) is 14.3. The summed E-state index contributed by atoms with van der Waals surface area (Å²) in [4.78, 5) is 34.9. The maximum Gasteiger partial charge on any atom is 0.472 e. The van der Waals surface area contributed by atoms with Crippen LogP contribution >= 0.6 is 7.82 Å². The predicted molar refractivity (Wildman–Crippen MR) is 214 cm³/mol. The molecule has 0 amide bonds. The van der Waals surface area contributed by atoms with Crippen LogP contribution in [0.2, 0.25) is 0 Å². The van der Waals surface area contributed by atoms with Crippen molar-refractivity contribution >= 4 is 19.8 Å². The lowest BCUT2D eigenvalue weighted by Gasteiger charge is -2.20. The van der Waals surface area contributed by atoms with Crippen molar-refractivity contribution in [2.45, 2.75) is 193 Å². The van der Waals surface area contributed by atoms with Crippen molar-refractivity contribution in [3.05, 3.63) is 36.5 Å². The Morgan fingerprint density at radius 3 is 1.53 bits per heavy atom. The molecule has 53 heavy (non-hydrogen) atoms. The molecule has 310 valence electrons. The van der Waals surface area contributed by atoms with Crippen molar-refractivity contribution in [3.8, 4) is 0 Å². The molecule has 0 radical (unpaired) electrons. The second-order valence-corrected chi connectivity index (χ2v) is 15.5. The first-order valence-corrected chi connectivity index (χ1v) is 22.4. The van der Waals surface area contributed by atoms with E-state index in [1.54, 1.807) is 0 Å². The van der Waals surface area contributed by atoms with E-state index in [0.29, 0.717) is 12.8 Å². The topological polar surface area (TPSA) is 149 Å². The minimum atomic E-state index is -4.62. The fourth-order valence-corrected chi connectivity index (χ4v) is 6.28. The molecular formula is C42H77O10P. The molecule has 3 atom stereocenters. The summed E-state index contributed by atoms with van der Waals surface area (Å²) >= 11 is 0. The number of unbranched alkanes of at least 4 members (excludes halogenated alkanes) is 19. The molecule has 3 N–H and O–H groups in total. The van der Waals surface area contributed by atoms with E-state index in [1.807, 2.05) is 0 Å². The largest absolute Gasteiger partial charge is 0.472 e. The summed E-state index contributed by atoms with van der Waals surface area (Å²) in [7, 11) is -4.62. The molecule has 0 aromatic rings. The summed E-state index contributed by atoms with van der Waals surface area (Å²) in [6.07, 6.45) is 38.2. The Labute approximate surface area is 322 Å². The lowest BCUT2D eigenvalue weighted by molar-refractivity contribution is -0.161. The fourth-order valence-electron chi connectivity index (χ4n) is 5.49. The fraction of sp³-hybridized carbons (Fsp3) is 0.810. The molecule has 0 saturated heterocycles.